The zero-order valence-electron chi connectivity index (χ0n) is 18.3. The molecule has 2 N–H and O–H groups in total. The van der Waals surface area contributed by atoms with Gasteiger partial charge >= 0.3 is 0 Å². The Morgan fingerprint density at radius 2 is 1.68 bits per heavy atom. The van der Waals surface area contributed by atoms with E-state index >= 15 is 0 Å². The Morgan fingerprint density at radius 1 is 1.11 bits per heavy atom. The van der Waals surface area contributed by atoms with Crippen LogP contribution >= 0.6 is 0 Å². The van der Waals surface area contributed by atoms with E-state index in [1.54, 1.807) is 12.1 Å². The van der Waals surface area contributed by atoms with Crippen molar-refractivity contribution in [3.63, 3.8) is 0 Å². The zero-order valence-corrected chi connectivity index (χ0v) is 18.3. The Labute approximate surface area is 170 Å². The minimum atomic E-state index is -0.553. The molecule has 0 radical (unpaired) electrons. The van der Waals surface area contributed by atoms with Gasteiger partial charge in [-0.05, 0) is 50.2 Å². The molecule has 3 atom stereocenters. The van der Waals surface area contributed by atoms with E-state index in [4.69, 9.17) is 0 Å². The fourth-order valence-electron chi connectivity index (χ4n) is 4.03. The summed E-state index contributed by atoms with van der Waals surface area (Å²) < 4.78 is 0. The first-order chi connectivity index (χ1) is 13.1. The molecule has 1 aliphatic heterocycles. The summed E-state index contributed by atoms with van der Waals surface area (Å²) in [6, 6.07) is 8.47. The molecule has 1 fully saturated rings. The second kappa shape index (κ2) is 9.55. The van der Waals surface area contributed by atoms with Crippen molar-refractivity contribution in [2.45, 2.75) is 59.5 Å². The lowest BCUT2D eigenvalue weighted by Gasteiger charge is -2.45. The summed E-state index contributed by atoms with van der Waals surface area (Å²) in [5.41, 5.74) is 0.446. The van der Waals surface area contributed by atoms with Crippen LogP contribution in [0.25, 0.3) is 0 Å². The average molecular weight is 388 g/mol. The van der Waals surface area contributed by atoms with E-state index in [9.17, 15) is 9.59 Å². The van der Waals surface area contributed by atoms with Crippen LogP contribution in [0.4, 0.5) is 0 Å². The third-order valence-electron chi connectivity index (χ3n) is 5.69. The lowest BCUT2D eigenvalue weighted by atomic mass is 9.88. The van der Waals surface area contributed by atoms with Gasteiger partial charge in [0.05, 0.1) is 0 Å². The number of amides is 2. The fraction of sp³-hybridized carbons (Fsp3) is 0.652. The van der Waals surface area contributed by atoms with Gasteiger partial charge in [-0.2, -0.15) is 0 Å². The van der Waals surface area contributed by atoms with Crippen molar-refractivity contribution in [1.82, 2.24) is 15.5 Å². The van der Waals surface area contributed by atoms with E-state index in [0.717, 1.165) is 13.1 Å². The van der Waals surface area contributed by atoms with E-state index in [-0.39, 0.29) is 23.3 Å². The Balaban J connectivity index is 1.97. The van der Waals surface area contributed by atoms with Crippen LogP contribution < -0.4 is 10.6 Å². The van der Waals surface area contributed by atoms with Crippen LogP contribution in [0.1, 0.15) is 58.3 Å². The number of carbonyl (C=O) groups excluding carboxylic acids is 2. The van der Waals surface area contributed by atoms with Gasteiger partial charge in [-0.25, -0.2) is 0 Å². The van der Waals surface area contributed by atoms with Gasteiger partial charge in [0.25, 0.3) is 5.91 Å². The Hall–Kier alpha value is -1.88. The number of nitrogens with one attached hydrogen (secondary N) is 2. The van der Waals surface area contributed by atoms with Crippen molar-refractivity contribution >= 4 is 11.8 Å². The number of hydrogen-bond acceptors (Lipinski definition) is 3. The topological polar surface area (TPSA) is 61.4 Å². The molecule has 0 saturated carbocycles. The monoisotopic (exact) mass is 387 g/mol. The first kappa shape index (κ1) is 22.4. The van der Waals surface area contributed by atoms with Crippen LogP contribution in [0.5, 0.6) is 0 Å². The maximum absolute atomic E-state index is 12.9. The predicted molar refractivity (Wildman–Crippen MR) is 114 cm³/mol. The van der Waals surface area contributed by atoms with Gasteiger partial charge in [-0.15, -0.1) is 0 Å². The minimum Gasteiger partial charge on any atom is -0.352 e. The molecule has 0 aliphatic carbocycles. The molecular formula is C23H37N3O2. The van der Waals surface area contributed by atoms with Crippen molar-refractivity contribution in [3.8, 4) is 0 Å². The van der Waals surface area contributed by atoms with Crippen LogP contribution in [0.3, 0.4) is 0 Å². The van der Waals surface area contributed by atoms with Crippen molar-refractivity contribution in [2.75, 3.05) is 19.6 Å². The zero-order chi connectivity index (χ0) is 20.9. The first-order valence-corrected chi connectivity index (χ1v) is 10.5. The smallest absolute Gasteiger partial charge is 0.251 e. The minimum absolute atomic E-state index is 0.00538. The van der Waals surface area contributed by atoms with Crippen LogP contribution in [0.15, 0.2) is 30.3 Å². The van der Waals surface area contributed by atoms with Gasteiger partial charge in [0, 0.05) is 30.7 Å². The molecule has 0 bridgehead atoms. The quantitative estimate of drug-likeness (QED) is 0.754. The highest BCUT2D eigenvalue weighted by Crippen LogP contribution is 2.26. The van der Waals surface area contributed by atoms with Gasteiger partial charge in [-0.3, -0.25) is 14.5 Å². The molecule has 2 rings (SSSR count). The van der Waals surface area contributed by atoms with Crippen molar-refractivity contribution < 1.29 is 9.59 Å². The SMILES string of the molecule is CC1CC(C)CN(C(C)(C)CNC(=O)C(NC(=O)c2ccccc2)C(C)C)C1. The summed E-state index contributed by atoms with van der Waals surface area (Å²) in [4.78, 5) is 27.8. The fourth-order valence-corrected chi connectivity index (χ4v) is 4.03. The summed E-state index contributed by atoms with van der Waals surface area (Å²) in [6.45, 7) is 15.6. The molecule has 28 heavy (non-hydrogen) atoms. The van der Waals surface area contributed by atoms with E-state index in [1.807, 2.05) is 32.0 Å². The second-order valence-corrected chi connectivity index (χ2v) is 9.44. The molecule has 1 heterocycles. The molecule has 1 aromatic carbocycles. The average Bonchev–Trinajstić information content (AvgIpc) is 2.63. The molecule has 0 spiro atoms. The molecule has 5 nitrogen and oxygen atoms in total. The summed E-state index contributed by atoms with van der Waals surface area (Å²) in [5.74, 6) is 1.02. The number of hydrogen-bond donors (Lipinski definition) is 2. The largest absolute Gasteiger partial charge is 0.352 e. The maximum atomic E-state index is 12.9. The Kier molecular flexibility index (Phi) is 7.64. The molecule has 156 valence electrons. The lowest BCUT2D eigenvalue weighted by Crippen LogP contribution is -2.58. The van der Waals surface area contributed by atoms with Crippen LogP contribution in [-0.4, -0.2) is 47.9 Å². The number of piperidine rings is 1. The third kappa shape index (κ3) is 6.06. The Bertz CT molecular complexity index is 647. The van der Waals surface area contributed by atoms with Crippen molar-refractivity contribution in [3.05, 3.63) is 35.9 Å². The van der Waals surface area contributed by atoms with Crippen LogP contribution in [0.2, 0.25) is 0 Å². The maximum Gasteiger partial charge on any atom is 0.251 e. The lowest BCUT2D eigenvalue weighted by molar-refractivity contribution is -0.124. The summed E-state index contributed by atoms with van der Waals surface area (Å²) in [5, 5.41) is 5.99. The normalized spacial score (nSPS) is 22.0. The van der Waals surface area contributed by atoms with Gasteiger partial charge in [-0.1, -0.05) is 45.9 Å². The number of carbonyl (C=O) groups is 2. The summed E-state index contributed by atoms with van der Waals surface area (Å²) in [6.07, 6.45) is 1.26. The highest BCUT2D eigenvalue weighted by molar-refractivity contribution is 5.97. The van der Waals surface area contributed by atoms with E-state index in [2.05, 4.69) is 43.2 Å². The van der Waals surface area contributed by atoms with Gasteiger partial charge in [0.15, 0.2) is 0 Å². The number of likely N-dealkylation sites (tertiary alicyclic amines) is 1. The highest BCUT2D eigenvalue weighted by Gasteiger charge is 2.34. The van der Waals surface area contributed by atoms with Gasteiger partial charge in [0.2, 0.25) is 5.91 Å². The van der Waals surface area contributed by atoms with E-state index in [0.29, 0.717) is 23.9 Å². The van der Waals surface area contributed by atoms with Crippen LogP contribution in [0, 0.1) is 17.8 Å². The number of nitrogens with zero attached hydrogens (tertiary/aromatic N) is 1. The van der Waals surface area contributed by atoms with Gasteiger partial charge < -0.3 is 10.6 Å². The van der Waals surface area contributed by atoms with E-state index < -0.39 is 6.04 Å². The molecule has 5 heteroatoms. The van der Waals surface area contributed by atoms with Gasteiger partial charge in [0.1, 0.15) is 6.04 Å². The second-order valence-electron chi connectivity index (χ2n) is 9.44. The molecule has 2 amide bonds. The van der Waals surface area contributed by atoms with Crippen molar-refractivity contribution in [1.29, 1.82) is 0 Å². The standard InChI is InChI=1S/C23H37N3O2/c1-16(2)20(25-21(27)19-10-8-7-9-11-19)22(28)24-15-23(5,6)26-13-17(3)12-18(4)14-26/h7-11,16-18,20H,12-15H2,1-6H3,(H,24,28)(H,25,27). The Morgan fingerprint density at radius 3 is 2.21 bits per heavy atom. The molecule has 1 aliphatic rings. The van der Waals surface area contributed by atoms with Crippen molar-refractivity contribution in [2.24, 2.45) is 17.8 Å². The molecule has 1 aromatic rings. The van der Waals surface area contributed by atoms with E-state index in [1.165, 1.54) is 6.42 Å². The predicted octanol–water partition coefficient (Wildman–Crippen LogP) is 3.31. The third-order valence-corrected chi connectivity index (χ3v) is 5.69. The molecule has 3 unspecified atom stereocenters. The summed E-state index contributed by atoms with van der Waals surface area (Å²) >= 11 is 0. The first-order valence-electron chi connectivity index (χ1n) is 10.5. The number of rotatable bonds is 7. The molecule has 0 aromatic heterocycles. The van der Waals surface area contributed by atoms with Crippen LogP contribution in [-0.2, 0) is 4.79 Å². The summed E-state index contributed by atoms with van der Waals surface area (Å²) in [7, 11) is 0. The molecular weight excluding hydrogens is 350 g/mol. The molecule has 1 saturated heterocycles. The highest BCUT2D eigenvalue weighted by atomic mass is 16.2. The number of benzene rings is 1.